The molecule has 2 heterocycles. The van der Waals surface area contributed by atoms with E-state index in [0.29, 0.717) is 17.1 Å². The van der Waals surface area contributed by atoms with Crippen molar-refractivity contribution in [2.75, 3.05) is 0 Å². The molecule has 0 spiro atoms. The van der Waals surface area contributed by atoms with Gasteiger partial charge in [-0.1, -0.05) is 24.6 Å². The molecule has 0 fully saturated rings. The van der Waals surface area contributed by atoms with E-state index in [1.165, 1.54) is 0 Å². The Morgan fingerprint density at radius 2 is 2.19 bits per heavy atom. The van der Waals surface area contributed by atoms with Gasteiger partial charge in [-0.3, -0.25) is 4.79 Å². The topological polar surface area (TPSA) is 39.8 Å². The lowest BCUT2D eigenvalue weighted by atomic mass is 10.2. The molecule has 3 aromatic rings. The standard InChI is InChI=1S/C16H16ClN3O/c1-2-5-19-11-18-7-14(19)9-20-8-12(10-21)15-4-3-13(17)6-16(15)20/h3-4,6-8,10-11H,2,5,9H2,1H3. The summed E-state index contributed by atoms with van der Waals surface area (Å²) in [4.78, 5) is 15.4. The zero-order chi connectivity index (χ0) is 14.8. The van der Waals surface area contributed by atoms with Crippen LogP contribution in [0.3, 0.4) is 0 Å². The van der Waals surface area contributed by atoms with Crippen molar-refractivity contribution in [1.82, 2.24) is 14.1 Å². The van der Waals surface area contributed by atoms with Gasteiger partial charge >= 0.3 is 0 Å². The molecule has 5 heteroatoms. The minimum atomic E-state index is 0.668. The lowest BCUT2D eigenvalue weighted by Crippen LogP contribution is -2.06. The quantitative estimate of drug-likeness (QED) is 0.673. The second kappa shape index (κ2) is 5.74. The minimum Gasteiger partial charge on any atom is -0.341 e. The SMILES string of the molecule is CCCn1cncc1Cn1cc(C=O)c2ccc(Cl)cc21. The first-order valence-electron chi connectivity index (χ1n) is 6.95. The molecule has 0 amide bonds. The summed E-state index contributed by atoms with van der Waals surface area (Å²) in [6, 6.07) is 5.59. The Morgan fingerprint density at radius 1 is 1.33 bits per heavy atom. The number of halogens is 1. The highest BCUT2D eigenvalue weighted by molar-refractivity contribution is 6.31. The van der Waals surface area contributed by atoms with Gasteiger partial charge in [0, 0.05) is 34.9 Å². The van der Waals surface area contributed by atoms with Crippen molar-refractivity contribution < 1.29 is 4.79 Å². The predicted octanol–water partition coefficient (Wildman–Crippen LogP) is 3.76. The van der Waals surface area contributed by atoms with Crippen LogP contribution in [0.1, 0.15) is 29.4 Å². The van der Waals surface area contributed by atoms with Crippen LogP contribution in [-0.2, 0) is 13.1 Å². The first kappa shape index (κ1) is 13.9. The largest absolute Gasteiger partial charge is 0.341 e. The van der Waals surface area contributed by atoms with Gasteiger partial charge < -0.3 is 9.13 Å². The van der Waals surface area contributed by atoms with Crippen LogP contribution < -0.4 is 0 Å². The maximum absolute atomic E-state index is 11.2. The van der Waals surface area contributed by atoms with Crippen LogP contribution in [0.4, 0.5) is 0 Å². The van der Waals surface area contributed by atoms with Crippen molar-refractivity contribution in [3.8, 4) is 0 Å². The normalized spacial score (nSPS) is 11.1. The van der Waals surface area contributed by atoms with E-state index in [1.807, 2.05) is 41.5 Å². The van der Waals surface area contributed by atoms with Gasteiger partial charge in [0.25, 0.3) is 0 Å². The number of aldehydes is 1. The number of carbonyl (C=O) groups is 1. The Hall–Kier alpha value is -2.07. The van der Waals surface area contributed by atoms with Crippen LogP contribution in [0, 0.1) is 0 Å². The average Bonchev–Trinajstić information content (AvgIpc) is 3.05. The molecule has 1 aromatic carbocycles. The number of fused-ring (bicyclic) bond motifs is 1. The van der Waals surface area contributed by atoms with Crippen LogP contribution in [0.5, 0.6) is 0 Å². The summed E-state index contributed by atoms with van der Waals surface area (Å²) in [6.45, 7) is 3.75. The van der Waals surface area contributed by atoms with Gasteiger partial charge in [0.2, 0.25) is 0 Å². The molecule has 0 unspecified atom stereocenters. The van der Waals surface area contributed by atoms with Crippen LogP contribution in [0.2, 0.25) is 5.02 Å². The van der Waals surface area contributed by atoms with Gasteiger partial charge in [-0.25, -0.2) is 4.98 Å². The molecule has 0 radical (unpaired) electrons. The van der Waals surface area contributed by atoms with E-state index in [0.717, 1.165) is 35.8 Å². The number of nitrogens with zero attached hydrogens (tertiary/aromatic N) is 3. The van der Waals surface area contributed by atoms with Crippen molar-refractivity contribution in [2.24, 2.45) is 0 Å². The number of hydrogen-bond donors (Lipinski definition) is 0. The van der Waals surface area contributed by atoms with Crippen LogP contribution in [0.25, 0.3) is 10.9 Å². The monoisotopic (exact) mass is 301 g/mol. The fourth-order valence-corrected chi connectivity index (χ4v) is 2.78. The van der Waals surface area contributed by atoms with Crippen LogP contribution in [0.15, 0.2) is 36.9 Å². The van der Waals surface area contributed by atoms with E-state index < -0.39 is 0 Å². The van der Waals surface area contributed by atoms with Crippen molar-refractivity contribution in [3.63, 3.8) is 0 Å². The van der Waals surface area contributed by atoms with Crippen molar-refractivity contribution in [1.29, 1.82) is 0 Å². The van der Waals surface area contributed by atoms with Gasteiger partial charge in [0.05, 0.1) is 24.1 Å². The van der Waals surface area contributed by atoms with E-state index in [4.69, 9.17) is 11.6 Å². The van der Waals surface area contributed by atoms with Crippen molar-refractivity contribution in [3.05, 3.63) is 53.2 Å². The highest BCUT2D eigenvalue weighted by Crippen LogP contribution is 2.24. The van der Waals surface area contributed by atoms with Gasteiger partial charge in [-0.2, -0.15) is 0 Å². The lowest BCUT2D eigenvalue weighted by Gasteiger charge is -2.09. The number of benzene rings is 1. The molecular weight excluding hydrogens is 286 g/mol. The van der Waals surface area contributed by atoms with Crippen LogP contribution in [-0.4, -0.2) is 20.4 Å². The maximum atomic E-state index is 11.2. The second-order valence-corrected chi connectivity index (χ2v) is 5.51. The van der Waals surface area contributed by atoms with E-state index in [-0.39, 0.29) is 0 Å². The van der Waals surface area contributed by atoms with Crippen molar-refractivity contribution in [2.45, 2.75) is 26.4 Å². The highest BCUT2D eigenvalue weighted by Gasteiger charge is 2.10. The van der Waals surface area contributed by atoms with E-state index in [2.05, 4.69) is 16.5 Å². The summed E-state index contributed by atoms with van der Waals surface area (Å²) in [6.07, 6.45) is 7.53. The van der Waals surface area contributed by atoms with E-state index in [1.54, 1.807) is 0 Å². The zero-order valence-corrected chi connectivity index (χ0v) is 12.5. The zero-order valence-electron chi connectivity index (χ0n) is 11.8. The highest BCUT2D eigenvalue weighted by atomic mass is 35.5. The number of hydrogen-bond acceptors (Lipinski definition) is 2. The van der Waals surface area contributed by atoms with Gasteiger partial charge in [0.1, 0.15) is 0 Å². The fraction of sp³-hybridized carbons (Fsp3) is 0.250. The molecule has 0 aliphatic carbocycles. The molecule has 0 saturated heterocycles. The maximum Gasteiger partial charge on any atom is 0.152 e. The molecule has 0 saturated carbocycles. The number of aromatic nitrogens is 3. The summed E-state index contributed by atoms with van der Waals surface area (Å²) in [5.74, 6) is 0. The first-order valence-corrected chi connectivity index (χ1v) is 7.33. The molecule has 108 valence electrons. The van der Waals surface area contributed by atoms with Crippen LogP contribution >= 0.6 is 11.6 Å². The molecule has 0 aliphatic heterocycles. The number of carbonyl (C=O) groups excluding carboxylic acids is 1. The number of rotatable bonds is 5. The Kier molecular flexibility index (Phi) is 3.80. The van der Waals surface area contributed by atoms with Gasteiger partial charge in [-0.05, 0) is 18.6 Å². The number of aryl methyl sites for hydroxylation is 1. The second-order valence-electron chi connectivity index (χ2n) is 5.07. The molecular formula is C16H16ClN3O. The summed E-state index contributed by atoms with van der Waals surface area (Å²) in [5, 5.41) is 1.59. The average molecular weight is 302 g/mol. The molecule has 0 bridgehead atoms. The smallest absolute Gasteiger partial charge is 0.152 e. The van der Waals surface area contributed by atoms with Crippen molar-refractivity contribution >= 4 is 28.8 Å². The molecule has 0 N–H and O–H groups in total. The molecule has 4 nitrogen and oxygen atoms in total. The van der Waals surface area contributed by atoms with E-state index >= 15 is 0 Å². The molecule has 21 heavy (non-hydrogen) atoms. The molecule has 0 aliphatic rings. The third kappa shape index (κ3) is 2.59. The Morgan fingerprint density at radius 3 is 2.95 bits per heavy atom. The van der Waals surface area contributed by atoms with E-state index in [9.17, 15) is 4.79 Å². The third-order valence-corrected chi connectivity index (χ3v) is 3.83. The van der Waals surface area contributed by atoms with Gasteiger partial charge in [0.15, 0.2) is 6.29 Å². The first-order chi connectivity index (χ1) is 10.2. The third-order valence-electron chi connectivity index (χ3n) is 3.60. The molecule has 0 atom stereocenters. The number of imidazole rings is 1. The Bertz CT molecular complexity index is 788. The summed E-state index contributed by atoms with van der Waals surface area (Å²) in [5.41, 5.74) is 2.77. The molecule has 3 rings (SSSR count). The van der Waals surface area contributed by atoms with Gasteiger partial charge in [-0.15, -0.1) is 0 Å². The lowest BCUT2D eigenvalue weighted by molar-refractivity contribution is 0.112. The predicted molar refractivity (Wildman–Crippen MR) is 84.0 cm³/mol. The summed E-state index contributed by atoms with van der Waals surface area (Å²) in [7, 11) is 0. The summed E-state index contributed by atoms with van der Waals surface area (Å²) < 4.78 is 4.19. The fourth-order valence-electron chi connectivity index (χ4n) is 2.61. The Labute approximate surface area is 128 Å². The summed E-state index contributed by atoms with van der Waals surface area (Å²) >= 11 is 6.09. The minimum absolute atomic E-state index is 0.668. The molecule has 2 aromatic heterocycles. The Balaban J connectivity index is 2.05.